The van der Waals surface area contributed by atoms with Crippen molar-refractivity contribution in [3.63, 3.8) is 0 Å². The SMILES string of the molecule is CCC(CNC(=NC)NCc1ncnn1C)Oc1ccccc1Cl.I. The van der Waals surface area contributed by atoms with Gasteiger partial charge in [0.05, 0.1) is 18.1 Å². The molecule has 0 fully saturated rings. The third kappa shape index (κ3) is 6.69. The Bertz CT molecular complexity index is 678. The lowest BCUT2D eigenvalue weighted by Gasteiger charge is -2.20. The third-order valence-corrected chi connectivity index (χ3v) is 3.84. The molecule has 1 unspecified atom stereocenters. The number of rotatable bonds is 7. The number of guanidine groups is 1. The topological polar surface area (TPSA) is 76.4 Å². The first-order valence-electron chi connectivity index (χ1n) is 7.82. The van der Waals surface area contributed by atoms with Crippen LogP contribution in [-0.2, 0) is 13.6 Å². The minimum Gasteiger partial charge on any atom is -0.487 e. The molecule has 1 heterocycles. The Labute approximate surface area is 170 Å². The zero-order valence-corrected chi connectivity index (χ0v) is 17.7. The summed E-state index contributed by atoms with van der Waals surface area (Å²) in [5.74, 6) is 2.20. The Morgan fingerprint density at radius 3 is 2.72 bits per heavy atom. The summed E-state index contributed by atoms with van der Waals surface area (Å²) in [6.07, 6.45) is 2.36. The van der Waals surface area contributed by atoms with E-state index in [1.807, 2.05) is 31.3 Å². The van der Waals surface area contributed by atoms with Crippen molar-refractivity contribution in [2.24, 2.45) is 12.0 Å². The van der Waals surface area contributed by atoms with E-state index >= 15 is 0 Å². The summed E-state index contributed by atoms with van der Waals surface area (Å²) in [4.78, 5) is 8.37. The summed E-state index contributed by atoms with van der Waals surface area (Å²) >= 11 is 6.14. The molecule has 0 amide bonds. The van der Waals surface area contributed by atoms with Crippen molar-refractivity contribution in [3.05, 3.63) is 41.4 Å². The lowest BCUT2D eigenvalue weighted by atomic mass is 10.2. The van der Waals surface area contributed by atoms with E-state index in [0.717, 1.165) is 12.2 Å². The van der Waals surface area contributed by atoms with Crippen LogP contribution in [0.25, 0.3) is 0 Å². The van der Waals surface area contributed by atoms with Crippen LogP contribution in [0.5, 0.6) is 5.75 Å². The number of benzene rings is 1. The monoisotopic (exact) mass is 478 g/mol. The molecule has 0 bridgehead atoms. The molecular weight excluding hydrogens is 455 g/mol. The van der Waals surface area contributed by atoms with E-state index in [2.05, 4.69) is 32.6 Å². The lowest BCUT2D eigenvalue weighted by Crippen LogP contribution is -2.42. The van der Waals surface area contributed by atoms with Crippen molar-refractivity contribution in [2.45, 2.75) is 26.0 Å². The van der Waals surface area contributed by atoms with Crippen LogP contribution in [0.3, 0.4) is 0 Å². The van der Waals surface area contributed by atoms with E-state index in [1.165, 1.54) is 6.33 Å². The molecule has 0 aliphatic carbocycles. The number of nitrogens with zero attached hydrogens (tertiary/aromatic N) is 4. The Morgan fingerprint density at radius 1 is 1.36 bits per heavy atom. The minimum absolute atomic E-state index is 0. The largest absolute Gasteiger partial charge is 0.487 e. The summed E-state index contributed by atoms with van der Waals surface area (Å²) in [7, 11) is 3.58. The molecule has 0 radical (unpaired) electrons. The molecule has 2 N–H and O–H groups in total. The van der Waals surface area contributed by atoms with Gasteiger partial charge in [-0.25, -0.2) is 4.98 Å². The maximum atomic E-state index is 6.14. The average molecular weight is 479 g/mol. The number of aliphatic imine (C=N–C) groups is 1. The Morgan fingerprint density at radius 2 is 2.12 bits per heavy atom. The zero-order valence-electron chi connectivity index (χ0n) is 14.6. The van der Waals surface area contributed by atoms with Gasteiger partial charge < -0.3 is 15.4 Å². The summed E-state index contributed by atoms with van der Waals surface area (Å²) in [6, 6.07) is 7.47. The maximum Gasteiger partial charge on any atom is 0.191 e. The van der Waals surface area contributed by atoms with Gasteiger partial charge in [-0.2, -0.15) is 5.10 Å². The standard InChI is InChI=1S/C16H23ClN6O.HI/c1-4-12(24-14-8-6-5-7-13(14)17)9-19-16(18-2)20-10-15-21-11-22-23(15)3;/h5-8,11-12H,4,9-10H2,1-3H3,(H2,18,19,20);1H. The quantitative estimate of drug-likeness (QED) is 0.363. The first kappa shape index (κ1) is 21.5. The number of hydrogen-bond acceptors (Lipinski definition) is 4. The van der Waals surface area contributed by atoms with Crippen molar-refractivity contribution >= 4 is 41.5 Å². The number of halogens is 2. The highest BCUT2D eigenvalue weighted by Crippen LogP contribution is 2.24. The molecule has 9 heteroatoms. The third-order valence-electron chi connectivity index (χ3n) is 3.53. The molecule has 0 aliphatic heterocycles. The molecule has 2 aromatic rings. The minimum atomic E-state index is -0.0155. The molecule has 1 aromatic heterocycles. The number of aryl methyl sites for hydroxylation is 1. The second kappa shape index (κ2) is 11.1. The molecule has 1 aromatic carbocycles. The molecule has 0 saturated carbocycles. The van der Waals surface area contributed by atoms with Crippen LogP contribution in [0.4, 0.5) is 0 Å². The smallest absolute Gasteiger partial charge is 0.191 e. The predicted octanol–water partition coefficient (Wildman–Crippen LogP) is 2.61. The molecular formula is C16H24ClIN6O. The van der Waals surface area contributed by atoms with Crippen LogP contribution < -0.4 is 15.4 Å². The van der Waals surface area contributed by atoms with Gasteiger partial charge in [0, 0.05) is 14.1 Å². The molecule has 0 aliphatic rings. The Balaban J connectivity index is 0.00000312. The van der Waals surface area contributed by atoms with Crippen LogP contribution in [0, 0.1) is 0 Å². The van der Waals surface area contributed by atoms with E-state index < -0.39 is 0 Å². The highest BCUT2D eigenvalue weighted by molar-refractivity contribution is 14.0. The van der Waals surface area contributed by atoms with Crippen LogP contribution in [0.1, 0.15) is 19.2 Å². The molecule has 0 saturated heterocycles. The van der Waals surface area contributed by atoms with Gasteiger partial charge in [-0.3, -0.25) is 9.67 Å². The van der Waals surface area contributed by atoms with Gasteiger partial charge in [-0.15, -0.1) is 24.0 Å². The maximum absolute atomic E-state index is 6.14. The normalized spacial score (nSPS) is 12.2. The zero-order chi connectivity index (χ0) is 17.4. The number of para-hydroxylation sites is 1. The van der Waals surface area contributed by atoms with E-state index in [9.17, 15) is 0 Å². The molecule has 0 spiro atoms. The van der Waals surface area contributed by atoms with Gasteiger partial charge in [-0.1, -0.05) is 30.7 Å². The predicted molar refractivity (Wildman–Crippen MR) is 111 cm³/mol. The molecule has 25 heavy (non-hydrogen) atoms. The first-order chi connectivity index (χ1) is 11.6. The van der Waals surface area contributed by atoms with Gasteiger partial charge >= 0.3 is 0 Å². The van der Waals surface area contributed by atoms with Crippen LogP contribution in [-0.4, -0.2) is 40.4 Å². The fourth-order valence-corrected chi connectivity index (χ4v) is 2.24. The highest BCUT2D eigenvalue weighted by Gasteiger charge is 2.11. The summed E-state index contributed by atoms with van der Waals surface area (Å²) < 4.78 is 7.67. The molecule has 138 valence electrons. The summed E-state index contributed by atoms with van der Waals surface area (Å²) in [5, 5.41) is 11.1. The first-order valence-corrected chi connectivity index (χ1v) is 8.20. The summed E-state index contributed by atoms with van der Waals surface area (Å²) in [6.45, 7) is 3.22. The second-order valence-electron chi connectivity index (χ2n) is 5.19. The number of hydrogen-bond donors (Lipinski definition) is 2. The van der Waals surface area contributed by atoms with E-state index in [1.54, 1.807) is 11.7 Å². The van der Waals surface area contributed by atoms with E-state index in [4.69, 9.17) is 16.3 Å². The van der Waals surface area contributed by atoms with Crippen molar-refractivity contribution in [1.82, 2.24) is 25.4 Å². The van der Waals surface area contributed by atoms with Gasteiger partial charge in [0.1, 0.15) is 24.0 Å². The Hall–Kier alpha value is -1.55. The van der Waals surface area contributed by atoms with Crippen LogP contribution >= 0.6 is 35.6 Å². The van der Waals surface area contributed by atoms with Crippen molar-refractivity contribution in [1.29, 1.82) is 0 Å². The Kier molecular flexibility index (Phi) is 9.58. The highest BCUT2D eigenvalue weighted by atomic mass is 127. The van der Waals surface area contributed by atoms with Gasteiger partial charge in [0.25, 0.3) is 0 Å². The van der Waals surface area contributed by atoms with Crippen LogP contribution in [0.2, 0.25) is 5.02 Å². The fourth-order valence-electron chi connectivity index (χ4n) is 2.06. The molecule has 7 nitrogen and oxygen atoms in total. The fraction of sp³-hybridized carbons (Fsp3) is 0.438. The summed E-state index contributed by atoms with van der Waals surface area (Å²) in [5.41, 5.74) is 0. The van der Waals surface area contributed by atoms with Crippen LogP contribution in [0.15, 0.2) is 35.6 Å². The van der Waals surface area contributed by atoms with Crippen molar-refractivity contribution in [2.75, 3.05) is 13.6 Å². The van der Waals surface area contributed by atoms with Gasteiger partial charge in [0.15, 0.2) is 5.96 Å². The number of aromatic nitrogens is 3. The molecule has 2 rings (SSSR count). The van der Waals surface area contributed by atoms with E-state index in [-0.39, 0.29) is 30.1 Å². The second-order valence-corrected chi connectivity index (χ2v) is 5.59. The van der Waals surface area contributed by atoms with E-state index in [0.29, 0.717) is 29.8 Å². The van der Waals surface area contributed by atoms with Crippen molar-refractivity contribution < 1.29 is 4.74 Å². The van der Waals surface area contributed by atoms with Gasteiger partial charge in [-0.05, 0) is 18.6 Å². The van der Waals surface area contributed by atoms with Gasteiger partial charge in [0.2, 0.25) is 0 Å². The number of ether oxygens (including phenoxy) is 1. The lowest BCUT2D eigenvalue weighted by molar-refractivity contribution is 0.199. The molecule has 1 atom stereocenters. The van der Waals surface area contributed by atoms with Crippen molar-refractivity contribution in [3.8, 4) is 5.75 Å². The average Bonchev–Trinajstić information content (AvgIpc) is 3.00. The number of nitrogens with one attached hydrogen (secondary N) is 2.